The molecule has 128 valence electrons. The summed E-state index contributed by atoms with van der Waals surface area (Å²) < 4.78 is 1.62. The van der Waals surface area contributed by atoms with Crippen LogP contribution < -0.4 is 15.5 Å². The summed E-state index contributed by atoms with van der Waals surface area (Å²) in [7, 11) is 3.75. The zero-order valence-electron chi connectivity index (χ0n) is 14.2. The second kappa shape index (κ2) is 7.48. The minimum Gasteiger partial charge on any atom is -0.343 e. The minimum absolute atomic E-state index is 0.295. The van der Waals surface area contributed by atoms with E-state index < -0.39 is 0 Å². The van der Waals surface area contributed by atoms with Gasteiger partial charge in [0.1, 0.15) is 12.2 Å². The number of anilines is 3. The number of hydrogen-bond acceptors (Lipinski definition) is 4. The van der Waals surface area contributed by atoms with Crippen molar-refractivity contribution in [2.24, 2.45) is 7.05 Å². The van der Waals surface area contributed by atoms with Crippen LogP contribution in [-0.2, 0) is 13.6 Å². The van der Waals surface area contributed by atoms with Crippen LogP contribution in [0.1, 0.15) is 5.82 Å². The molecule has 0 aliphatic rings. The molecule has 0 aliphatic heterocycles. The van der Waals surface area contributed by atoms with Crippen molar-refractivity contribution in [1.82, 2.24) is 20.1 Å². The summed E-state index contributed by atoms with van der Waals surface area (Å²) in [6.45, 7) is 0.305. The van der Waals surface area contributed by atoms with Crippen LogP contribution in [0.3, 0.4) is 0 Å². The van der Waals surface area contributed by atoms with Gasteiger partial charge in [-0.05, 0) is 24.3 Å². The van der Waals surface area contributed by atoms with Crippen LogP contribution in [0.4, 0.5) is 21.9 Å². The molecule has 3 rings (SSSR count). The molecule has 0 unspecified atom stereocenters. The molecule has 7 nitrogen and oxygen atoms in total. The third-order valence-corrected chi connectivity index (χ3v) is 3.87. The molecule has 0 spiro atoms. The number of amides is 2. The molecule has 2 N–H and O–H groups in total. The van der Waals surface area contributed by atoms with E-state index in [9.17, 15) is 4.79 Å². The van der Waals surface area contributed by atoms with E-state index in [0.29, 0.717) is 12.4 Å². The lowest BCUT2D eigenvalue weighted by atomic mass is 10.2. The second-order valence-corrected chi connectivity index (χ2v) is 5.52. The number of rotatable bonds is 5. The van der Waals surface area contributed by atoms with Crippen molar-refractivity contribution in [2.45, 2.75) is 6.54 Å². The Balaban J connectivity index is 1.70. The monoisotopic (exact) mass is 336 g/mol. The molecule has 2 amide bonds. The maximum absolute atomic E-state index is 12.2. The van der Waals surface area contributed by atoms with E-state index >= 15 is 0 Å². The van der Waals surface area contributed by atoms with E-state index in [1.165, 1.54) is 6.33 Å². The van der Waals surface area contributed by atoms with Gasteiger partial charge in [0.25, 0.3) is 0 Å². The lowest BCUT2D eigenvalue weighted by molar-refractivity contribution is 0.251. The first-order chi connectivity index (χ1) is 12.1. The number of nitrogens with zero attached hydrogens (tertiary/aromatic N) is 4. The number of aryl methyl sites for hydroxylation is 1. The van der Waals surface area contributed by atoms with Crippen molar-refractivity contribution in [2.75, 3.05) is 17.3 Å². The smallest absolute Gasteiger partial charge is 0.319 e. The number of aromatic nitrogens is 3. The zero-order valence-corrected chi connectivity index (χ0v) is 14.2. The van der Waals surface area contributed by atoms with Crippen LogP contribution in [0.2, 0.25) is 0 Å². The average Bonchev–Trinajstić information content (AvgIpc) is 3.05. The molecule has 0 aliphatic carbocycles. The number of carbonyl (C=O) groups excluding carboxylic acids is 1. The van der Waals surface area contributed by atoms with Gasteiger partial charge in [-0.3, -0.25) is 4.68 Å². The van der Waals surface area contributed by atoms with Crippen LogP contribution in [0, 0.1) is 0 Å². The third kappa shape index (κ3) is 3.95. The Morgan fingerprint density at radius 1 is 1.12 bits per heavy atom. The van der Waals surface area contributed by atoms with Gasteiger partial charge in [0, 0.05) is 19.8 Å². The van der Waals surface area contributed by atoms with E-state index in [4.69, 9.17) is 0 Å². The molecular formula is C18H20N6O. The number of nitrogens with one attached hydrogen (secondary N) is 2. The van der Waals surface area contributed by atoms with Crippen LogP contribution in [0.25, 0.3) is 0 Å². The fourth-order valence-electron chi connectivity index (χ4n) is 2.47. The van der Waals surface area contributed by atoms with Gasteiger partial charge in [0.05, 0.1) is 17.9 Å². The zero-order chi connectivity index (χ0) is 17.6. The molecule has 2 aromatic carbocycles. The first kappa shape index (κ1) is 16.5. The summed E-state index contributed by atoms with van der Waals surface area (Å²) in [5.41, 5.74) is 2.67. The van der Waals surface area contributed by atoms with Crippen molar-refractivity contribution in [3.8, 4) is 0 Å². The SMILES string of the molecule is CN(c1ccccc1)c1ccccc1NC(=O)NCc1ncnn1C. The summed E-state index contributed by atoms with van der Waals surface area (Å²) in [5.74, 6) is 0.685. The lowest BCUT2D eigenvalue weighted by Crippen LogP contribution is -2.30. The van der Waals surface area contributed by atoms with Crippen molar-refractivity contribution in [3.05, 3.63) is 66.7 Å². The van der Waals surface area contributed by atoms with Crippen molar-refractivity contribution >= 4 is 23.1 Å². The van der Waals surface area contributed by atoms with Gasteiger partial charge < -0.3 is 15.5 Å². The predicted octanol–water partition coefficient (Wildman–Crippen LogP) is 2.90. The standard InChI is InChI=1S/C18H20N6O/c1-23(14-8-4-3-5-9-14)16-11-7-6-10-15(16)22-18(25)19-12-17-20-13-21-24(17)2/h3-11,13H,12H2,1-2H3,(H2,19,22,25). The Morgan fingerprint density at radius 2 is 1.84 bits per heavy atom. The lowest BCUT2D eigenvalue weighted by Gasteiger charge is -2.22. The number of benzene rings is 2. The van der Waals surface area contributed by atoms with Crippen LogP contribution in [0.15, 0.2) is 60.9 Å². The summed E-state index contributed by atoms with van der Waals surface area (Å²) in [4.78, 5) is 18.3. The molecule has 1 aromatic heterocycles. The van der Waals surface area contributed by atoms with E-state index in [1.54, 1.807) is 11.7 Å². The highest BCUT2D eigenvalue weighted by molar-refractivity contribution is 5.94. The van der Waals surface area contributed by atoms with Gasteiger partial charge in [-0.2, -0.15) is 5.10 Å². The predicted molar refractivity (Wildman–Crippen MR) is 97.8 cm³/mol. The van der Waals surface area contributed by atoms with Gasteiger partial charge >= 0.3 is 6.03 Å². The molecule has 0 atom stereocenters. The van der Waals surface area contributed by atoms with E-state index in [2.05, 4.69) is 20.7 Å². The first-order valence-electron chi connectivity index (χ1n) is 7.90. The van der Waals surface area contributed by atoms with Crippen molar-refractivity contribution in [1.29, 1.82) is 0 Å². The van der Waals surface area contributed by atoms with Crippen LogP contribution in [0.5, 0.6) is 0 Å². The van der Waals surface area contributed by atoms with Gasteiger partial charge in [0.15, 0.2) is 0 Å². The number of para-hydroxylation sites is 3. The Kier molecular flexibility index (Phi) is 4.94. The quantitative estimate of drug-likeness (QED) is 0.751. The maximum Gasteiger partial charge on any atom is 0.319 e. The highest BCUT2D eigenvalue weighted by Gasteiger charge is 2.11. The Morgan fingerprint density at radius 3 is 2.56 bits per heavy atom. The summed E-state index contributed by atoms with van der Waals surface area (Å²) in [6.07, 6.45) is 1.46. The highest BCUT2D eigenvalue weighted by atomic mass is 16.2. The first-order valence-corrected chi connectivity index (χ1v) is 7.90. The third-order valence-electron chi connectivity index (χ3n) is 3.87. The Hall–Kier alpha value is -3.35. The molecule has 0 saturated heterocycles. The average molecular weight is 336 g/mol. The summed E-state index contributed by atoms with van der Waals surface area (Å²) in [6, 6.07) is 17.3. The van der Waals surface area contributed by atoms with Gasteiger partial charge in [-0.25, -0.2) is 9.78 Å². The van der Waals surface area contributed by atoms with Crippen LogP contribution >= 0.6 is 0 Å². The molecule has 0 fully saturated rings. The fourth-order valence-corrected chi connectivity index (χ4v) is 2.47. The molecule has 1 heterocycles. The van der Waals surface area contributed by atoms with E-state index in [1.807, 2.05) is 66.5 Å². The molecule has 7 heteroatoms. The number of hydrogen-bond donors (Lipinski definition) is 2. The van der Waals surface area contributed by atoms with Gasteiger partial charge in [-0.15, -0.1) is 0 Å². The molecule has 25 heavy (non-hydrogen) atoms. The molecule has 3 aromatic rings. The topological polar surface area (TPSA) is 75.1 Å². The summed E-state index contributed by atoms with van der Waals surface area (Å²) >= 11 is 0. The molecule has 0 saturated carbocycles. The van der Waals surface area contributed by atoms with Crippen LogP contribution in [-0.4, -0.2) is 27.8 Å². The van der Waals surface area contributed by atoms with Gasteiger partial charge in [-0.1, -0.05) is 30.3 Å². The van der Waals surface area contributed by atoms with E-state index in [0.717, 1.165) is 17.1 Å². The van der Waals surface area contributed by atoms with Gasteiger partial charge in [0.2, 0.25) is 0 Å². The second-order valence-electron chi connectivity index (χ2n) is 5.52. The van der Waals surface area contributed by atoms with Crippen molar-refractivity contribution < 1.29 is 4.79 Å². The highest BCUT2D eigenvalue weighted by Crippen LogP contribution is 2.30. The molecule has 0 bridgehead atoms. The summed E-state index contributed by atoms with van der Waals surface area (Å²) in [5, 5.41) is 9.66. The van der Waals surface area contributed by atoms with Crippen molar-refractivity contribution in [3.63, 3.8) is 0 Å². The van der Waals surface area contributed by atoms with E-state index in [-0.39, 0.29) is 6.03 Å². The minimum atomic E-state index is -0.295. The largest absolute Gasteiger partial charge is 0.343 e. The maximum atomic E-state index is 12.2. The normalized spacial score (nSPS) is 10.3. The number of urea groups is 1. The Labute approximate surface area is 146 Å². The Bertz CT molecular complexity index is 846. The number of carbonyl (C=O) groups is 1. The molecular weight excluding hydrogens is 316 g/mol. The molecule has 0 radical (unpaired) electrons. The fraction of sp³-hybridized carbons (Fsp3) is 0.167.